The maximum absolute atomic E-state index is 9.84. The van der Waals surface area contributed by atoms with Crippen LogP contribution in [0.3, 0.4) is 0 Å². The fourth-order valence-corrected chi connectivity index (χ4v) is 1.02. The largest absolute Gasteiger partial charge is 0.387 e. The van der Waals surface area contributed by atoms with Gasteiger partial charge in [-0.3, -0.25) is 0 Å². The van der Waals surface area contributed by atoms with Crippen LogP contribution in [0.4, 0.5) is 0 Å². The van der Waals surface area contributed by atoms with Crippen molar-refractivity contribution < 1.29 is 9.22 Å². The molecule has 0 amide bonds. The van der Waals surface area contributed by atoms with Crippen molar-refractivity contribution >= 4 is 0 Å². The molecule has 2 N–H and O–H groups in total. The highest BCUT2D eigenvalue weighted by Crippen LogP contribution is 2.15. The van der Waals surface area contributed by atoms with Gasteiger partial charge < -0.3 is 10.4 Å². The summed E-state index contributed by atoms with van der Waals surface area (Å²) in [5, 5.41) is 12.2. The van der Waals surface area contributed by atoms with Crippen molar-refractivity contribution in [2.45, 2.75) is 19.1 Å². The van der Waals surface area contributed by atoms with Gasteiger partial charge in [-0.2, -0.15) is 0 Å². The van der Waals surface area contributed by atoms with Crippen molar-refractivity contribution in [3.8, 4) is 0 Å². The summed E-state index contributed by atoms with van der Waals surface area (Å²) in [6, 6.07) is 8.48. The number of benzene rings is 1. The topological polar surface area (TPSA) is 32.3 Å². The highest BCUT2D eigenvalue weighted by atomic mass is 16.3. The first-order valence-electron chi connectivity index (χ1n) is 5.41. The number of hydrogen-bond acceptors (Lipinski definition) is 2. The van der Waals surface area contributed by atoms with E-state index in [9.17, 15) is 5.11 Å². The zero-order valence-electron chi connectivity index (χ0n) is 9.99. The van der Waals surface area contributed by atoms with E-state index in [1.165, 1.54) is 0 Å². The Morgan fingerprint density at radius 3 is 2.67 bits per heavy atom. The van der Waals surface area contributed by atoms with E-state index in [4.69, 9.17) is 4.11 Å². The second kappa shape index (κ2) is 4.24. The maximum atomic E-state index is 9.84. The Bertz CT molecular complexity index is 299. The minimum atomic E-state index is -2.23. The van der Waals surface area contributed by atoms with Crippen LogP contribution in [-0.4, -0.2) is 18.1 Å². The van der Waals surface area contributed by atoms with Crippen LogP contribution in [0.5, 0.6) is 0 Å². The first-order valence-corrected chi connectivity index (χ1v) is 3.91. The van der Waals surface area contributed by atoms with Crippen LogP contribution in [0.25, 0.3) is 0 Å². The Balaban J connectivity index is 2.65. The Morgan fingerprint density at radius 2 is 2.08 bits per heavy atom. The van der Waals surface area contributed by atoms with E-state index >= 15 is 0 Å². The molecule has 2 atom stereocenters. The molecule has 0 aromatic heterocycles. The maximum Gasteiger partial charge on any atom is 0.0940 e. The number of likely N-dealkylation sites (N-methyl/N-ethyl adjacent to an activating group) is 1. The molecule has 0 aliphatic carbocycles. The minimum absolute atomic E-state index is 0.514. The lowest BCUT2D eigenvalue weighted by molar-refractivity contribution is 0.140. The Morgan fingerprint density at radius 1 is 1.42 bits per heavy atom. The smallest absolute Gasteiger partial charge is 0.0940 e. The van der Waals surface area contributed by atoms with Gasteiger partial charge in [0.2, 0.25) is 0 Å². The molecular weight excluding hydrogens is 150 g/mol. The quantitative estimate of drug-likeness (QED) is 0.713. The molecule has 0 saturated heterocycles. The summed E-state index contributed by atoms with van der Waals surface area (Å²) in [6.45, 7) is -0.584. The molecule has 0 radical (unpaired) electrons. The summed E-state index contributed by atoms with van der Waals surface area (Å²) in [6.07, 6.45) is -0.813. The molecule has 0 aliphatic heterocycles. The summed E-state index contributed by atoms with van der Waals surface area (Å²) >= 11 is 0. The lowest BCUT2D eigenvalue weighted by Gasteiger charge is -2.17. The first-order chi connectivity index (χ1) is 6.90. The number of aliphatic hydroxyl groups is 1. The van der Waals surface area contributed by atoms with E-state index in [2.05, 4.69) is 5.32 Å². The summed E-state index contributed by atoms with van der Waals surface area (Å²) < 4.78 is 21.1. The van der Waals surface area contributed by atoms with E-state index < -0.39 is 19.1 Å². The van der Waals surface area contributed by atoms with Crippen LogP contribution in [0, 0.1) is 0 Å². The molecule has 2 unspecified atom stereocenters. The van der Waals surface area contributed by atoms with Gasteiger partial charge in [-0.15, -0.1) is 0 Å². The summed E-state index contributed by atoms with van der Waals surface area (Å²) in [4.78, 5) is 0. The molecule has 0 fully saturated rings. The number of rotatable bonds is 3. The van der Waals surface area contributed by atoms with E-state index in [0.29, 0.717) is 5.56 Å². The zero-order chi connectivity index (χ0) is 11.5. The normalized spacial score (nSPS) is 20.3. The second-order valence-electron chi connectivity index (χ2n) is 2.79. The predicted octanol–water partition coefficient (Wildman–Crippen LogP) is 1.33. The summed E-state index contributed by atoms with van der Waals surface area (Å²) in [5.74, 6) is 0. The number of hydrogen-bond donors (Lipinski definition) is 2. The molecule has 0 aliphatic rings. The third kappa shape index (κ3) is 2.06. The average molecular weight is 168 g/mol. The molecule has 1 rings (SSSR count). The fraction of sp³-hybridized carbons (Fsp3) is 0.400. The third-order valence-electron chi connectivity index (χ3n) is 1.84. The molecule has 0 heterocycles. The molecule has 2 heteroatoms. The van der Waals surface area contributed by atoms with E-state index in [1.54, 1.807) is 31.2 Å². The summed E-state index contributed by atoms with van der Waals surface area (Å²) in [7, 11) is 0. The molecule has 0 spiro atoms. The van der Waals surface area contributed by atoms with E-state index in [0.717, 1.165) is 0 Å². The molecule has 66 valence electrons. The molecular formula is C10H15NO. The van der Waals surface area contributed by atoms with Gasteiger partial charge >= 0.3 is 0 Å². The molecule has 1 aromatic rings. The number of nitrogens with one attached hydrogen (secondary N) is 1. The molecule has 0 bridgehead atoms. The van der Waals surface area contributed by atoms with Crippen LogP contribution in [0.15, 0.2) is 30.3 Å². The van der Waals surface area contributed by atoms with Gasteiger partial charge in [-0.25, -0.2) is 0 Å². The van der Waals surface area contributed by atoms with Gasteiger partial charge in [-0.1, -0.05) is 30.3 Å². The van der Waals surface area contributed by atoms with Crippen molar-refractivity contribution in [2.24, 2.45) is 0 Å². The van der Waals surface area contributed by atoms with Crippen LogP contribution in [0.2, 0.25) is 0 Å². The second-order valence-corrected chi connectivity index (χ2v) is 2.79. The molecule has 0 saturated carbocycles. The predicted molar refractivity (Wildman–Crippen MR) is 49.9 cm³/mol. The number of aliphatic hydroxyl groups excluding tert-OH is 1. The van der Waals surface area contributed by atoms with Crippen LogP contribution < -0.4 is 5.32 Å². The molecule has 2 nitrogen and oxygen atoms in total. The van der Waals surface area contributed by atoms with Crippen molar-refractivity contribution in [1.29, 1.82) is 0 Å². The Labute approximate surface area is 77.5 Å². The molecule has 1 aromatic carbocycles. The fourth-order valence-electron chi connectivity index (χ4n) is 1.02. The first kappa shape index (κ1) is 5.73. The standard InChI is InChI=1S/C10H15NO/c1-8(11-2)10(12)9-6-4-3-5-7-9/h3-8,10-12H,1-2H3/i2D3. The minimum Gasteiger partial charge on any atom is -0.387 e. The van der Waals surface area contributed by atoms with Crippen molar-refractivity contribution in [1.82, 2.24) is 5.32 Å². The Kier molecular flexibility index (Phi) is 2.02. The third-order valence-corrected chi connectivity index (χ3v) is 1.84. The SMILES string of the molecule is [2H]C([2H])([2H])NC(C)C(O)c1ccccc1. The van der Waals surface area contributed by atoms with Crippen LogP contribution in [-0.2, 0) is 0 Å². The van der Waals surface area contributed by atoms with Gasteiger partial charge in [0.15, 0.2) is 0 Å². The average Bonchev–Trinajstić information content (AvgIpc) is 2.15. The van der Waals surface area contributed by atoms with Crippen molar-refractivity contribution in [2.75, 3.05) is 6.98 Å². The van der Waals surface area contributed by atoms with E-state index in [1.807, 2.05) is 6.07 Å². The van der Waals surface area contributed by atoms with E-state index in [-0.39, 0.29) is 0 Å². The monoisotopic (exact) mass is 168 g/mol. The molecule has 12 heavy (non-hydrogen) atoms. The van der Waals surface area contributed by atoms with Crippen LogP contribution >= 0.6 is 0 Å². The van der Waals surface area contributed by atoms with Gasteiger partial charge in [0.25, 0.3) is 0 Å². The lowest BCUT2D eigenvalue weighted by atomic mass is 10.0. The zero-order valence-corrected chi connectivity index (χ0v) is 6.99. The highest BCUT2D eigenvalue weighted by molar-refractivity contribution is 5.18. The van der Waals surface area contributed by atoms with Crippen molar-refractivity contribution in [3.05, 3.63) is 35.9 Å². The van der Waals surface area contributed by atoms with Gasteiger partial charge in [0.05, 0.1) is 6.10 Å². The summed E-state index contributed by atoms with van der Waals surface area (Å²) in [5.41, 5.74) is 0.710. The highest BCUT2D eigenvalue weighted by Gasteiger charge is 2.12. The Hall–Kier alpha value is -0.860. The van der Waals surface area contributed by atoms with Crippen molar-refractivity contribution in [3.63, 3.8) is 0 Å². The lowest BCUT2D eigenvalue weighted by Crippen LogP contribution is -2.28. The van der Waals surface area contributed by atoms with Gasteiger partial charge in [-0.05, 0) is 19.5 Å². The van der Waals surface area contributed by atoms with Gasteiger partial charge in [0.1, 0.15) is 0 Å². The van der Waals surface area contributed by atoms with Crippen LogP contribution in [0.1, 0.15) is 22.7 Å². The van der Waals surface area contributed by atoms with Gasteiger partial charge in [0, 0.05) is 10.2 Å².